The van der Waals surface area contributed by atoms with Crippen molar-refractivity contribution in [2.45, 2.75) is 45.6 Å². The molecule has 2 atom stereocenters. The van der Waals surface area contributed by atoms with E-state index in [9.17, 15) is 4.79 Å². The highest BCUT2D eigenvalue weighted by Crippen LogP contribution is 2.25. The third-order valence-corrected chi connectivity index (χ3v) is 3.63. The van der Waals surface area contributed by atoms with E-state index in [1.54, 1.807) is 0 Å². The molecule has 4 N–H and O–H groups in total. The zero-order valence-corrected chi connectivity index (χ0v) is 10.4. The number of nitrogens with two attached hydrogens (primary N) is 1. The summed E-state index contributed by atoms with van der Waals surface area (Å²) in [5.41, 5.74) is 7.51. The Bertz CT molecular complexity index is 413. The molecule has 1 aromatic heterocycles. The fourth-order valence-corrected chi connectivity index (χ4v) is 2.43. The molecular weight excluding hydrogens is 216 g/mol. The van der Waals surface area contributed by atoms with Crippen molar-refractivity contribution in [2.75, 3.05) is 5.73 Å². The zero-order chi connectivity index (χ0) is 12.4. The van der Waals surface area contributed by atoms with Crippen LogP contribution in [0.25, 0.3) is 0 Å². The quantitative estimate of drug-likeness (QED) is 0.743. The molecule has 2 rings (SSSR count). The summed E-state index contributed by atoms with van der Waals surface area (Å²) in [5, 5.41) is 9.82. The molecule has 1 aliphatic carbocycles. The van der Waals surface area contributed by atoms with Gasteiger partial charge in [-0.3, -0.25) is 9.89 Å². The van der Waals surface area contributed by atoms with Gasteiger partial charge < -0.3 is 11.1 Å². The first-order valence-electron chi connectivity index (χ1n) is 6.27. The minimum atomic E-state index is -0.155. The van der Waals surface area contributed by atoms with E-state index in [1.807, 2.05) is 6.92 Å². The molecule has 5 nitrogen and oxygen atoms in total. The minimum Gasteiger partial charge on any atom is -0.395 e. The summed E-state index contributed by atoms with van der Waals surface area (Å²) in [7, 11) is 0. The van der Waals surface area contributed by atoms with Crippen LogP contribution >= 0.6 is 0 Å². The van der Waals surface area contributed by atoms with E-state index in [0.717, 1.165) is 18.5 Å². The van der Waals surface area contributed by atoms with Gasteiger partial charge in [0.1, 0.15) is 0 Å². The van der Waals surface area contributed by atoms with Gasteiger partial charge in [-0.1, -0.05) is 20.3 Å². The Morgan fingerprint density at radius 2 is 2.35 bits per heavy atom. The number of anilines is 1. The topological polar surface area (TPSA) is 83.8 Å². The first-order chi connectivity index (χ1) is 8.13. The van der Waals surface area contributed by atoms with Gasteiger partial charge in [0.25, 0.3) is 5.91 Å². The van der Waals surface area contributed by atoms with Crippen LogP contribution in [-0.2, 0) is 6.42 Å². The number of amides is 1. The number of nitrogens with one attached hydrogen (secondary N) is 2. The van der Waals surface area contributed by atoms with E-state index in [0.29, 0.717) is 17.3 Å². The molecule has 0 spiro atoms. The zero-order valence-electron chi connectivity index (χ0n) is 10.4. The van der Waals surface area contributed by atoms with E-state index in [2.05, 4.69) is 22.4 Å². The number of hydrogen-bond donors (Lipinski definition) is 3. The maximum Gasteiger partial charge on any atom is 0.274 e. The number of aromatic nitrogens is 2. The lowest BCUT2D eigenvalue weighted by Crippen LogP contribution is -2.36. The van der Waals surface area contributed by atoms with Gasteiger partial charge in [-0.15, -0.1) is 0 Å². The molecule has 5 heteroatoms. The molecule has 1 aromatic rings. The number of hydrogen-bond acceptors (Lipinski definition) is 3. The second-order valence-corrected chi connectivity index (χ2v) is 4.81. The molecule has 0 radical (unpaired) electrons. The largest absolute Gasteiger partial charge is 0.395 e. The Labute approximate surface area is 101 Å². The van der Waals surface area contributed by atoms with Crippen molar-refractivity contribution in [3.8, 4) is 0 Å². The Balaban J connectivity index is 2.06. The number of nitrogens with zero attached hydrogens (tertiary/aromatic N) is 1. The van der Waals surface area contributed by atoms with Crippen LogP contribution in [0.15, 0.2) is 0 Å². The summed E-state index contributed by atoms with van der Waals surface area (Å²) < 4.78 is 0. The summed E-state index contributed by atoms with van der Waals surface area (Å²) >= 11 is 0. The molecular formula is C12H20N4O. The monoisotopic (exact) mass is 236 g/mol. The van der Waals surface area contributed by atoms with Crippen LogP contribution in [0.3, 0.4) is 0 Å². The molecule has 1 aliphatic rings. The Morgan fingerprint density at radius 1 is 1.59 bits per heavy atom. The third kappa shape index (κ3) is 2.28. The Morgan fingerprint density at radius 3 is 2.88 bits per heavy atom. The normalized spacial score (nSPS) is 23.9. The molecule has 1 saturated carbocycles. The standard InChI is InChI=1S/C12H20N4O/c1-3-8-10(13)11(16-15-8)12(17)14-9-6-4-5-7(9)2/h7,9H,3-6,13H2,1-2H3,(H,14,17)(H,15,16). The lowest BCUT2D eigenvalue weighted by molar-refractivity contribution is 0.0925. The predicted molar refractivity (Wildman–Crippen MR) is 66.6 cm³/mol. The molecule has 94 valence electrons. The van der Waals surface area contributed by atoms with Crippen molar-refractivity contribution in [1.82, 2.24) is 15.5 Å². The van der Waals surface area contributed by atoms with Gasteiger partial charge >= 0.3 is 0 Å². The van der Waals surface area contributed by atoms with Crippen molar-refractivity contribution in [2.24, 2.45) is 5.92 Å². The van der Waals surface area contributed by atoms with Gasteiger partial charge in [0.05, 0.1) is 11.4 Å². The molecule has 1 heterocycles. The third-order valence-electron chi connectivity index (χ3n) is 3.63. The predicted octanol–water partition coefficient (Wildman–Crippen LogP) is 1.47. The van der Waals surface area contributed by atoms with E-state index >= 15 is 0 Å². The van der Waals surface area contributed by atoms with Gasteiger partial charge in [-0.25, -0.2) is 0 Å². The van der Waals surface area contributed by atoms with Crippen molar-refractivity contribution in [3.63, 3.8) is 0 Å². The molecule has 0 aromatic carbocycles. The van der Waals surface area contributed by atoms with E-state index in [-0.39, 0.29) is 11.9 Å². The highest BCUT2D eigenvalue weighted by Gasteiger charge is 2.26. The highest BCUT2D eigenvalue weighted by atomic mass is 16.2. The molecule has 17 heavy (non-hydrogen) atoms. The van der Waals surface area contributed by atoms with Crippen LogP contribution in [0, 0.1) is 5.92 Å². The average molecular weight is 236 g/mol. The molecule has 0 saturated heterocycles. The van der Waals surface area contributed by atoms with Crippen LogP contribution in [0.5, 0.6) is 0 Å². The summed E-state index contributed by atoms with van der Waals surface area (Å²) in [4.78, 5) is 12.0. The number of H-pyrrole nitrogens is 1. The summed E-state index contributed by atoms with van der Waals surface area (Å²) in [6.45, 7) is 4.15. The lowest BCUT2D eigenvalue weighted by atomic mass is 10.1. The number of carbonyl (C=O) groups excluding carboxylic acids is 1. The van der Waals surface area contributed by atoms with Crippen molar-refractivity contribution in [1.29, 1.82) is 0 Å². The number of nitrogen functional groups attached to an aromatic ring is 1. The van der Waals surface area contributed by atoms with E-state index in [1.165, 1.54) is 12.8 Å². The van der Waals surface area contributed by atoms with Crippen molar-refractivity contribution in [3.05, 3.63) is 11.4 Å². The first kappa shape index (κ1) is 12.0. The van der Waals surface area contributed by atoms with Gasteiger partial charge in [0.2, 0.25) is 0 Å². The minimum absolute atomic E-state index is 0.155. The molecule has 1 amide bonds. The maximum atomic E-state index is 12.0. The van der Waals surface area contributed by atoms with Crippen LogP contribution in [-0.4, -0.2) is 22.1 Å². The van der Waals surface area contributed by atoms with E-state index < -0.39 is 0 Å². The molecule has 1 fully saturated rings. The molecule has 2 unspecified atom stereocenters. The second-order valence-electron chi connectivity index (χ2n) is 4.81. The Hall–Kier alpha value is -1.52. The number of aromatic amines is 1. The fraction of sp³-hybridized carbons (Fsp3) is 0.667. The van der Waals surface area contributed by atoms with Gasteiger partial charge in [0, 0.05) is 6.04 Å². The number of rotatable bonds is 3. The number of aryl methyl sites for hydroxylation is 1. The van der Waals surface area contributed by atoms with Crippen LogP contribution in [0.4, 0.5) is 5.69 Å². The Kier molecular flexibility index (Phi) is 3.36. The summed E-state index contributed by atoms with van der Waals surface area (Å²) in [5.74, 6) is 0.391. The molecule has 0 bridgehead atoms. The van der Waals surface area contributed by atoms with Crippen molar-refractivity contribution < 1.29 is 4.79 Å². The first-order valence-corrected chi connectivity index (χ1v) is 6.27. The van der Waals surface area contributed by atoms with Gasteiger partial charge in [0.15, 0.2) is 5.69 Å². The second kappa shape index (κ2) is 4.77. The number of carbonyl (C=O) groups is 1. The van der Waals surface area contributed by atoms with Crippen LogP contribution in [0.1, 0.15) is 49.3 Å². The van der Waals surface area contributed by atoms with Crippen LogP contribution < -0.4 is 11.1 Å². The lowest BCUT2D eigenvalue weighted by Gasteiger charge is -2.16. The summed E-state index contributed by atoms with van der Waals surface area (Å²) in [6, 6.07) is 0.267. The molecule has 0 aliphatic heterocycles. The van der Waals surface area contributed by atoms with E-state index in [4.69, 9.17) is 5.73 Å². The van der Waals surface area contributed by atoms with Gasteiger partial charge in [-0.05, 0) is 25.2 Å². The maximum absolute atomic E-state index is 12.0. The van der Waals surface area contributed by atoms with Crippen LogP contribution in [0.2, 0.25) is 0 Å². The SMILES string of the molecule is CCc1[nH]nc(C(=O)NC2CCCC2C)c1N. The van der Waals surface area contributed by atoms with Crippen molar-refractivity contribution >= 4 is 11.6 Å². The highest BCUT2D eigenvalue weighted by molar-refractivity contribution is 5.97. The summed E-state index contributed by atoms with van der Waals surface area (Å²) in [6.07, 6.45) is 4.17. The smallest absolute Gasteiger partial charge is 0.274 e. The average Bonchev–Trinajstić information content (AvgIpc) is 2.86. The fourth-order valence-electron chi connectivity index (χ4n) is 2.43. The van der Waals surface area contributed by atoms with Gasteiger partial charge in [-0.2, -0.15) is 5.10 Å².